The molecule has 0 spiro atoms. The molecule has 3 N–H and O–H groups in total. The van der Waals surface area contributed by atoms with E-state index in [1.54, 1.807) is 0 Å². The van der Waals surface area contributed by atoms with Gasteiger partial charge in [-0.25, -0.2) is 0 Å². The molecule has 3 unspecified atom stereocenters. The first kappa shape index (κ1) is 16.5. The fraction of sp³-hybridized carbons (Fsp3) is 0.938. The summed E-state index contributed by atoms with van der Waals surface area (Å²) in [4.78, 5) is 12.2. The Balaban J connectivity index is 2.42. The molecular formula is C16H32N2O. The van der Waals surface area contributed by atoms with Gasteiger partial charge in [0.2, 0.25) is 5.91 Å². The molecule has 0 aromatic heterocycles. The second kappa shape index (κ2) is 7.28. The number of amides is 1. The van der Waals surface area contributed by atoms with E-state index in [1.807, 2.05) is 0 Å². The molecule has 19 heavy (non-hydrogen) atoms. The van der Waals surface area contributed by atoms with Crippen LogP contribution in [0.15, 0.2) is 0 Å². The smallest absolute Gasteiger partial charge is 0.223 e. The molecule has 0 saturated heterocycles. The lowest BCUT2D eigenvalue weighted by Crippen LogP contribution is -2.42. The lowest BCUT2D eigenvalue weighted by atomic mass is 9.78. The molecule has 1 amide bonds. The first-order chi connectivity index (χ1) is 8.82. The molecule has 1 fully saturated rings. The zero-order chi connectivity index (χ0) is 14.6. The standard InChI is InChI=1S/C16H32N2O/c1-10(2)14(11(3)4)9-18-16(19)13-6-7-15(17)12(5)8-13/h10-15H,6-9,17H2,1-5H3,(H,18,19). The number of hydrogen-bond donors (Lipinski definition) is 2. The van der Waals surface area contributed by atoms with Crippen molar-refractivity contribution in [3.05, 3.63) is 0 Å². The van der Waals surface area contributed by atoms with Crippen molar-refractivity contribution in [3.8, 4) is 0 Å². The minimum Gasteiger partial charge on any atom is -0.356 e. The molecule has 0 aliphatic heterocycles. The fourth-order valence-electron chi connectivity index (χ4n) is 3.26. The molecular weight excluding hydrogens is 236 g/mol. The highest BCUT2D eigenvalue weighted by molar-refractivity contribution is 5.78. The summed E-state index contributed by atoms with van der Waals surface area (Å²) in [6.45, 7) is 11.9. The average molecular weight is 268 g/mol. The van der Waals surface area contributed by atoms with Gasteiger partial charge in [0.1, 0.15) is 0 Å². The van der Waals surface area contributed by atoms with Crippen LogP contribution in [0.4, 0.5) is 0 Å². The monoisotopic (exact) mass is 268 g/mol. The van der Waals surface area contributed by atoms with Gasteiger partial charge in [0, 0.05) is 18.5 Å². The summed E-state index contributed by atoms with van der Waals surface area (Å²) in [5.74, 6) is 2.67. The highest BCUT2D eigenvalue weighted by Gasteiger charge is 2.30. The SMILES string of the molecule is CC(C)C(CNC(=O)C1CCC(N)C(C)C1)C(C)C. The van der Waals surface area contributed by atoms with Gasteiger partial charge in [0.05, 0.1) is 0 Å². The molecule has 3 atom stereocenters. The van der Waals surface area contributed by atoms with E-state index in [0.29, 0.717) is 23.7 Å². The lowest BCUT2D eigenvalue weighted by Gasteiger charge is -2.32. The van der Waals surface area contributed by atoms with Crippen LogP contribution < -0.4 is 11.1 Å². The molecule has 0 radical (unpaired) electrons. The zero-order valence-corrected chi connectivity index (χ0v) is 13.3. The van der Waals surface area contributed by atoms with Crippen LogP contribution in [0.2, 0.25) is 0 Å². The van der Waals surface area contributed by atoms with Crippen LogP contribution in [-0.2, 0) is 4.79 Å². The molecule has 0 heterocycles. The van der Waals surface area contributed by atoms with Crippen LogP contribution in [0.3, 0.4) is 0 Å². The number of carbonyl (C=O) groups excluding carboxylic acids is 1. The quantitative estimate of drug-likeness (QED) is 0.805. The van der Waals surface area contributed by atoms with E-state index in [9.17, 15) is 4.79 Å². The zero-order valence-electron chi connectivity index (χ0n) is 13.3. The van der Waals surface area contributed by atoms with Crippen molar-refractivity contribution < 1.29 is 4.79 Å². The molecule has 112 valence electrons. The first-order valence-electron chi connectivity index (χ1n) is 7.86. The largest absolute Gasteiger partial charge is 0.356 e. The van der Waals surface area contributed by atoms with Gasteiger partial charge < -0.3 is 11.1 Å². The van der Waals surface area contributed by atoms with Crippen molar-refractivity contribution in [1.29, 1.82) is 0 Å². The Morgan fingerprint density at radius 3 is 2.26 bits per heavy atom. The Hall–Kier alpha value is -0.570. The Morgan fingerprint density at radius 1 is 1.21 bits per heavy atom. The topological polar surface area (TPSA) is 55.1 Å². The van der Waals surface area contributed by atoms with Crippen molar-refractivity contribution in [3.63, 3.8) is 0 Å². The summed E-state index contributed by atoms with van der Waals surface area (Å²) in [6, 6.07) is 0.281. The third-order valence-corrected chi connectivity index (χ3v) is 4.83. The highest BCUT2D eigenvalue weighted by Crippen LogP contribution is 2.28. The molecule has 3 heteroatoms. The summed E-state index contributed by atoms with van der Waals surface area (Å²) in [6.07, 6.45) is 2.88. The molecule has 3 nitrogen and oxygen atoms in total. The molecule has 1 rings (SSSR count). The summed E-state index contributed by atoms with van der Waals surface area (Å²) < 4.78 is 0. The van der Waals surface area contributed by atoms with E-state index in [-0.39, 0.29) is 17.9 Å². The molecule has 0 aromatic carbocycles. The summed E-state index contributed by atoms with van der Waals surface area (Å²) >= 11 is 0. The predicted octanol–water partition coefficient (Wildman–Crippen LogP) is 2.79. The summed E-state index contributed by atoms with van der Waals surface area (Å²) in [5, 5.41) is 3.17. The van der Waals surface area contributed by atoms with Crippen molar-refractivity contribution in [2.75, 3.05) is 6.54 Å². The van der Waals surface area contributed by atoms with E-state index in [4.69, 9.17) is 5.73 Å². The van der Waals surface area contributed by atoms with Gasteiger partial charge in [-0.2, -0.15) is 0 Å². The van der Waals surface area contributed by atoms with Crippen LogP contribution in [-0.4, -0.2) is 18.5 Å². The normalized spacial score (nSPS) is 28.2. The summed E-state index contributed by atoms with van der Waals surface area (Å²) in [7, 11) is 0. The Labute approximate surface area is 118 Å². The van der Waals surface area contributed by atoms with Crippen molar-refractivity contribution >= 4 is 5.91 Å². The van der Waals surface area contributed by atoms with Gasteiger partial charge in [-0.1, -0.05) is 34.6 Å². The summed E-state index contributed by atoms with van der Waals surface area (Å²) in [5.41, 5.74) is 6.01. The maximum Gasteiger partial charge on any atom is 0.223 e. The Morgan fingerprint density at radius 2 is 1.79 bits per heavy atom. The van der Waals surface area contributed by atoms with Gasteiger partial charge >= 0.3 is 0 Å². The van der Waals surface area contributed by atoms with Crippen LogP contribution in [0.25, 0.3) is 0 Å². The Bertz CT molecular complexity index is 280. The van der Waals surface area contributed by atoms with E-state index in [1.165, 1.54) is 0 Å². The molecule has 1 aliphatic rings. The number of rotatable bonds is 5. The second-order valence-corrected chi connectivity index (χ2v) is 7.05. The van der Waals surface area contributed by atoms with E-state index in [0.717, 1.165) is 25.8 Å². The van der Waals surface area contributed by atoms with Crippen LogP contribution >= 0.6 is 0 Å². The second-order valence-electron chi connectivity index (χ2n) is 7.05. The van der Waals surface area contributed by atoms with Crippen molar-refractivity contribution in [2.45, 2.75) is 59.9 Å². The minimum atomic E-state index is 0.176. The first-order valence-corrected chi connectivity index (χ1v) is 7.86. The molecule has 1 aliphatic carbocycles. The fourth-order valence-corrected chi connectivity index (χ4v) is 3.26. The van der Waals surface area contributed by atoms with Crippen molar-refractivity contribution in [1.82, 2.24) is 5.32 Å². The third kappa shape index (κ3) is 4.79. The number of carbonyl (C=O) groups is 1. The third-order valence-electron chi connectivity index (χ3n) is 4.83. The highest BCUT2D eigenvalue weighted by atomic mass is 16.1. The minimum absolute atomic E-state index is 0.176. The maximum absolute atomic E-state index is 12.2. The molecule has 0 aromatic rings. The van der Waals surface area contributed by atoms with Gasteiger partial charge in [-0.05, 0) is 42.9 Å². The molecule has 1 saturated carbocycles. The number of nitrogens with two attached hydrogens (primary N) is 1. The predicted molar refractivity (Wildman–Crippen MR) is 80.7 cm³/mol. The van der Waals surface area contributed by atoms with Gasteiger partial charge in [0.15, 0.2) is 0 Å². The van der Waals surface area contributed by atoms with Crippen LogP contribution in [0.5, 0.6) is 0 Å². The van der Waals surface area contributed by atoms with E-state index < -0.39 is 0 Å². The number of nitrogens with one attached hydrogen (secondary N) is 1. The lowest BCUT2D eigenvalue weighted by molar-refractivity contribution is -0.126. The molecule has 0 bridgehead atoms. The number of hydrogen-bond acceptors (Lipinski definition) is 2. The van der Waals surface area contributed by atoms with E-state index >= 15 is 0 Å². The van der Waals surface area contributed by atoms with Crippen molar-refractivity contribution in [2.24, 2.45) is 35.3 Å². The average Bonchev–Trinajstić information content (AvgIpc) is 2.31. The maximum atomic E-state index is 12.2. The van der Waals surface area contributed by atoms with E-state index in [2.05, 4.69) is 39.9 Å². The van der Waals surface area contributed by atoms with Gasteiger partial charge in [0.25, 0.3) is 0 Å². The van der Waals surface area contributed by atoms with Gasteiger partial charge in [-0.15, -0.1) is 0 Å². The van der Waals surface area contributed by atoms with Crippen LogP contribution in [0, 0.1) is 29.6 Å². The Kier molecular flexibility index (Phi) is 6.31. The van der Waals surface area contributed by atoms with Crippen LogP contribution in [0.1, 0.15) is 53.9 Å². The van der Waals surface area contributed by atoms with Gasteiger partial charge in [-0.3, -0.25) is 4.79 Å².